The molecule has 6 heteroatoms. The van der Waals surface area contributed by atoms with Crippen molar-refractivity contribution in [2.75, 3.05) is 7.11 Å². The lowest BCUT2D eigenvalue weighted by atomic mass is 9.47. The van der Waals surface area contributed by atoms with E-state index in [4.69, 9.17) is 4.74 Å². The van der Waals surface area contributed by atoms with E-state index in [1.54, 1.807) is 6.20 Å². The fourth-order valence-electron chi connectivity index (χ4n) is 5.81. The Labute approximate surface area is 196 Å². The van der Waals surface area contributed by atoms with Gasteiger partial charge in [-0.3, -0.25) is 14.6 Å². The number of methoxy groups -OCH3 is 1. The van der Waals surface area contributed by atoms with Gasteiger partial charge in [-0.1, -0.05) is 28.1 Å². The highest BCUT2D eigenvalue weighted by molar-refractivity contribution is 9.10. The maximum atomic E-state index is 13.3. The summed E-state index contributed by atoms with van der Waals surface area (Å²) in [6.45, 7) is 2.70. The van der Waals surface area contributed by atoms with Crippen molar-refractivity contribution in [2.24, 2.45) is 17.3 Å². The summed E-state index contributed by atoms with van der Waals surface area (Å²) in [5.74, 6) is 0.531. The van der Waals surface area contributed by atoms with Crippen LogP contribution in [0.4, 0.5) is 0 Å². The molecule has 2 aliphatic rings. The van der Waals surface area contributed by atoms with E-state index in [0.717, 1.165) is 52.3 Å². The molecule has 2 saturated carbocycles. The molecule has 2 aromatic heterocycles. The van der Waals surface area contributed by atoms with Gasteiger partial charge in [-0.05, 0) is 67.7 Å². The van der Waals surface area contributed by atoms with Crippen LogP contribution < -0.4 is 0 Å². The van der Waals surface area contributed by atoms with Crippen molar-refractivity contribution in [3.63, 3.8) is 0 Å². The number of ketones is 1. The van der Waals surface area contributed by atoms with Gasteiger partial charge in [-0.25, -0.2) is 0 Å². The molecule has 5 rings (SSSR count). The lowest BCUT2D eigenvalue weighted by Gasteiger charge is -2.57. The summed E-state index contributed by atoms with van der Waals surface area (Å²) in [6, 6.07) is 10.3. The molecule has 0 amide bonds. The molecule has 0 radical (unpaired) electrons. The van der Waals surface area contributed by atoms with Crippen molar-refractivity contribution >= 4 is 38.6 Å². The van der Waals surface area contributed by atoms with Crippen molar-refractivity contribution in [2.45, 2.75) is 45.6 Å². The minimum atomic E-state index is -0.0881. The third-order valence-corrected chi connectivity index (χ3v) is 7.90. The van der Waals surface area contributed by atoms with Crippen molar-refractivity contribution in [1.82, 2.24) is 9.55 Å². The number of aryl methyl sites for hydroxylation is 1. The highest BCUT2D eigenvalue weighted by atomic mass is 79.9. The van der Waals surface area contributed by atoms with Gasteiger partial charge < -0.3 is 9.30 Å². The molecule has 0 saturated heterocycles. The molecule has 5 nitrogen and oxygen atoms in total. The van der Waals surface area contributed by atoms with Gasteiger partial charge in [0.1, 0.15) is 0 Å². The number of fused-ring (bicyclic) bond motifs is 1. The van der Waals surface area contributed by atoms with Crippen LogP contribution in [0.1, 0.15) is 53.7 Å². The average Bonchev–Trinajstić information content (AvgIpc) is 3.14. The summed E-state index contributed by atoms with van der Waals surface area (Å²) < 4.78 is 8.08. The quantitative estimate of drug-likeness (QED) is 0.325. The molecule has 2 aliphatic carbocycles. The maximum absolute atomic E-state index is 13.3. The van der Waals surface area contributed by atoms with Gasteiger partial charge in [0.05, 0.1) is 24.1 Å². The number of ether oxygens (including phenoxy) is 1. The summed E-state index contributed by atoms with van der Waals surface area (Å²) in [5.41, 5.74) is 4.09. The Morgan fingerprint density at radius 1 is 1.16 bits per heavy atom. The van der Waals surface area contributed by atoms with E-state index in [1.165, 1.54) is 12.7 Å². The Morgan fingerprint density at radius 2 is 1.88 bits per heavy atom. The van der Waals surface area contributed by atoms with Gasteiger partial charge >= 0.3 is 5.97 Å². The number of esters is 1. The first kappa shape index (κ1) is 21.4. The van der Waals surface area contributed by atoms with Crippen molar-refractivity contribution in [3.05, 3.63) is 64.0 Å². The predicted molar refractivity (Wildman–Crippen MR) is 127 cm³/mol. The van der Waals surface area contributed by atoms with Crippen LogP contribution in [0.25, 0.3) is 10.9 Å². The van der Waals surface area contributed by atoms with Crippen LogP contribution in [0.5, 0.6) is 0 Å². The standard InChI is InChI=1S/C26H27BrN2O3/c1-16-21-7-8-29(15-17-3-5-20(27)6-4-17)24(21)22(14-28-16)23(30)9-18-10-26(11-18)12-19(13-26)25(31)32-2/h3-8,14,18-19H,9-13,15H2,1-2H3. The zero-order valence-corrected chi connectivity index (χ0v) is 20.0. The molecule has 0 aliphatic heterocycles. The summed E-state index contributed by atoms with van der Waals surface area (Å²) >= 11 is 3.49. The normalized spacial score (nSPS) is 24.2. The molecule has 2 fully saturated rings. The van der Waals surface area contributed by atoms with Crippen LogP contribution in [0.2, 0.25) is 0 Å². The number of carbonyl (C=O) groups excluding carboxylic acids is 2. The second-order valence-electron chi connectivity index (χ2n) is 9.62. The van der Waals surface area contributed by atoms with E-state index in [1.807, 2.05) is 19.1 Å². The third kappa shape index (κ3) is 3.79. The Kier molecular flexibility index (Phi) is 5.44. The molecule has 3 aromatic rings. The van der Waals surface area contributed by atoms with Gasteiger partial charge in [0.25, 0.3) is 0 Å². The molecule has 1 spiro atoms. The molecule has 0 atom stereocenters. The van der Waals surface area contributed by atoms with Crippen LogP contribution in [-0.4, -0.2) is 28.4 Å². The number of halogens is 1. The maximum Gasteiger partial charge on any atom is 0.308 e. The summed E-state index contributed by atoms with van der Waals surface area (Å²) in [4.78, 5) is 29.5. The first-order valence-electron chi connectivity index (χ1n) is 11.2. The van der Waals surface area contributed by atoms with Gasteiger partial charge in [0.15, 0.2) is 5.78 Å². The Morgan fingerprint density at radius 3 is 2.56 bits per heavy atom. The van der Waals surface area contributed by atoms with E-state index < -0.39 is 0 Å². The zero-order valence-electron chi connectivity index (χ0n) is 18.4. The zero-order chi connectivity index (χ0) is 22.5. The smallest absolute Gasteiger partial charge is 0.308 e. The number of rotatable bonds is 6. The van der Waals surface area contributed by atoms with Crippen LogP contribution in [0, 0.1) is 24.2 Å². The summed E-state index contributed by atoms with van der Waals surface area (Å²) in [5, 5.41) is 1.04. The van der Waals surface area contributed by atoms with Crippen molar-refractivity contribution < 1.29 is 14.3 Å². The predicted octanol–water partition coefficient (Wildman–Crippen LogP) is 5.71. The number of pyridine rings is 1. The molecule has 2 heterocycles. The Bertz CT molecular complexity index is 1180. The summed E-state index contributed by atoms with van der Waals surface area (Å²) in [6.07, 6.45) is 8.26. The van der Waals surface area contributed by atoms with Gasteiger partial charge in [-0.15, -0.1) is 0 Å². The Hall–Kier alpha value is -2.47. The molecule has 0 bridgehead atoms. The van der Waals surface area contributed by atoms with E-state index in [2.05, 4.69) is 49.9 Å². The minimum absolute atomic E-state index is 0.0551. The SMILES string of the molecule is COC(=O)C1CC2(CC(CC(=O)c3cnc(C)c4ccn(Cc5ccc(Br)cc5)c34)C2)C1. The molecular weight excluding hydrogens is 468 g/mol. The average molecular weight is 495 g/mol. The lowest BCUT2D eigenvalue weighted by molar-refractivity contribution is -0.161. The van der Waals surface area contributed by atoms with Crippen molar-refractivity contribution in [3.8, 4) is 0 Å². The number of Topliss-reactive ketones (excluding diaryl/α,β-unsaturated/α-hetero) is 1. The number of hydrogen-bond acceptors (Lipinski definition) is 4. The van der Waals surface area contributed by atoms with E-state index >= 15 is 0 Å². The minimum Gasteiger partial charge on any atom is -0.469 e. The third-order valence-electron chi connectivity index (χ3n) is 7.37. The number of hydrogen-bond donors (Lipinski definition) is 0. The first-order chi connectivity index (χ1) is 15.4. The second kappa shape index (κ2) is 8.14. The monoisotopic (exact) mass is 494 g/mol. The van der Waals surface area contributed by atoms with Gasteiger partial charge in [-0.2, -0.15) is 0 Å². The van der Waals surface area contributed by atoms with Crippen LogP contribution in [0.15, 0.2) is 47.2 Å². The second-order valence-corrected chi connectivity index (χ2v) is 10.5. The van der Waals surface area contributed by atoms with Crippen LogP contribution in [0.3, 0.4) is 0 Å². The molecule has 0 unspecified atom stereocenters. The number of nitrogens with zero attached hydrogens (tertiary/aromatic N) is 2. The summed E-state index contributed by atoms with van der Waals surface area (Å²) in [7, 11) is 1.46. The molecule has 1 aromatic carbocycles. The molecular formula is C26H27BrN2O3. The molecule has 166 valence electrons. The Balaban J connectivity index is 1.31. The highest BCUT2D eigenvalue weighted by Gasteiger charge is 2.55. The van der Waals surface area contributed by atoms with Gasteiger partial charge in [0, 0.05) is 40.9 Å². The van der Waals surface area contributed by atoms with E-state index in [0.29, 0.717) is 18.9 Å². The lowest BCUT2D eigenvalue weighted by Crippen LogP contribution is -2.50. The highest BCUT2D eigenvalue weighted by Crippen LogP contribution is 2.62. The number of benzene rings is 1. The van der Waals surface area contributed by atoms with Crippen LogP contribution in [-0.2, 0) is 16.1 Å². The fraction of sp³-hybridized carbons (Fsp3) is 0.423. The van der Waals surface area contributed by atoms with Gasteiger partial charge in [0.2, 0.25) is 0 Å². The topological polar surface area (TPSA) is 61.2 Å². The largest absolute Gasteiger partial charge is 0.469 e. The fourth-order valence-corrected chi connectivity index (χ4v) is 6.08. The first-order valence-corrected chi connectivity index (χ1v) is 12.0. The van der Waals surface area contributed by atoms with Crippen molar-refractivity contribution in [1.29, 1.82) is 0 Å². The molecule has 32 heavy (non-hydrogen) atoms. The van der Waals surface area contributed by atoms with E-state index in [-0.39, 0.29) is 23.1 Å². The molecule has 0 N–H and O–H groups in total. The number of carbonyl (C=O) groups is 2. The number of aromatic nitrogens is 2. The van der Waals surface area contributed by atoms with E-state index in [9.17, 15) is 9.59 Å². The van der Waals surface area contributed by atoms with Crippen LogP contribution >= 0.6 is 15.9 Å².